The summed E-state index contributed by atoms with van der Waals surface area (Å²) in [5.74, 6) is 2.06. The first kappa shape index (κ1) is 18.3. The second-order valence-corrected chi connectivity index (χ2v) is 8.06. The SMILES string of the molecule is CCCCCCCCC1CCC(c2ccc3cc(O)ccc3c2)CC1. The Morgan fingerprint density at radius 3 is 2.28 bits per heavy atom. The molecule has 0 bridgehead atoms. The molecule has 136 valence electrons. The predicted molar refractivity (Wildman–Crippen MR) is 108 cm³/mol. The fourth-order valence-electron chi connectivity index (χ4n) is 4.50. The number of fused-ring (bicyclic) bond motifs is 1. The van der Waals surface area contributed by atoms with Gasteiger partial charge < -0.3 is 5.11 Å². The van der Waals surface area contributed by atoms with E-state index < -0.39 is 0 Å². The quantitative estimate of drug-likeness (QED) is 0.492. The molecule has 0 heterocycles. The van der Waals surface area contributed by atoms with Crippen LogP contribution in [0.5, 0.6) is 5.75 Å². The number of benzene rings is 2. The molecule has 1 aliphatic carbocycles. The Hall–Kier alpha value is -1.50. The Morgan fingerprint density at radius 2 is 1.48 bits per heavy atom. The average molecular weight is 339 g/mol. The standard InChI is InChI=1S/C24H34O/c1-2-3-4-5-6-7-8-19-9-11-20(12-10-19)21-13-14-23-18-24(25)16-15-22(23)17-21/h13-20,25H,2-12H2,1H3. The number of hydrogen-bond donors (Lipinski definition) is 1. The van der Waals surface area contributed by atoms with E-state index in [0.29, 0.717) is 5.75 Å². The Bertz CT molecular complexity index is 652. The van der Waals surface area contributed by atoms with Gasteiger partial charge in [-0.1, -0.05) is 76.1 Å². The van der Waals surface area contributed by atoms with Gasteiger partial charge in [0.1, 0.15) is 5.75 Å². The van der Waals surface area contributed by atoms with Crippen LogP contribution in [0.4, 0.5) is 0 Å². The highest BCUT2D eigenvalue weighted by Crippen LogP contribution is 2.38. The summed E-state index contributed by atoms with van der Waals surface area (Å²) >= 11 is 0. The molecule has 3 rings (SSSR count). The highest BCUT2D eigenvalue weighted by atomic mass is 16.3. The summed E-state index contributed by atoms with van der Waals surface area (Å²) in [6, 6.07) is 12.5. The van der Waals surface area contributed by atoms with Gasteiger partial charge in [0.25, 0.3) is 0 Å². The smallest absolute Gasteiger partial charge is 0.116 e. The van der Waals surface area contributed by atoms with Crippen LogP contribution < -0.4 is 0 Å². The van der Waals surface area contributed by atoms with Crippen molar-refractivity contribution in [3.05, 3.63) is 42.0 Å². The van der Waals surface area contributed by atoms with Crippen LogP contribution in [0.25, 0.3) is 10.8 Å². The lowest BCUT2D eigenvalue weighted by atomic mass is 9.77. The zero-order chi connectivity index (χ0) is 17.5. The Labute approximate surface area is 153 Å². The average Bonchev–Trinajstić information content (AvgIpc) is 2.64. The van der Waals surface area contributed by atoms with Gasteiger partial charge in [0.05, 0.1) is 0 Å². The first-order valence-electron chi connectivity index (χ1n) is 10.5. The van der Waals surface area contributed by atoms with Gasteiger partial charge in [-0.3, -0.25) is 0 Å². The minimum absolute atomic E-state index is 0.357. The van der Waals surface area contributed by atoms with Crippen molar-refractivity contribution in [1.82, 2.24) is 0 Å². The van der Waals surface area contributed by atoms with Gasteiger partial charge in [0.2, 0.25) is 0 Å². The molecule has 0 saturated heterocycles. The second-order valence-electron chi connectivity index (χ2n) is 8.06. The first-order valence-corrected chi connectivity index (χ1v) is 10.5. The fourth-order valence-corrected chi connectivity index (χ4v) is 4.50. The number of phenols is 1. The molecule has 0 aliphatic heterocycles. The van der Waals surface area contributed by atoms with Crippen LogP contribution in [-0.2, 0) is 0 Å². The van der Waals surface area contributed by atoms with E-state index in [2.05, 4.69) is 25.1 Å². The zero-order valence-electron chi connectivity index (χ0n) is 15.8. The maximum Gasteiger partial charge on any atom is 0.116 e. The van der Waals surface area contributed by atoms with Crippen molar-refractivity contribution in [2.45, 2.75) is 83.5 Å². The predicted octanol–water partition coefficient (Wildman–Crippen LogP) is 7.57. The number of aromatic hydroxyl groups is 1. The van der Waals surface area contributed by atoms with E-state index in [9.17, 15) is 5.11 Å². The van der Waals surface area contributed by atoms with Gasteiger partial charge >= 0.3 is 0 Å². The molecule has 0 spiro atoms. The lowest BCUT2D eigenvalue weighted by molar-refractivity contribution is 0.302. The highest BCUT2D eigenvalue weighted by Gasteiger charge is 2.22. The number of unbranched alkanes of at least 4 members (excludes halogenated alkanes) is 5. The summed E-state index contributed by atoms with van der Waals surface area (Å²) < 4.78 is 0. The lowest BCUT2D eigenvalue weighted by Gasteiger charge is -2.29. The van der Waals surface area contributed by atoms with Crippen LogP contribution in [0.3, 0.4) is 0 Å². The molecule has 0 radical (unpaired) electrons. The summed E-state index contributed by atoms with van der Waals surface area (Å²) in [5, 5.41) is 12.0. The van der Waals surface area contributed by atoms with E-state index in [0.717, 1.165) is 17.2 Å². The minimum atomic E-state index is 0.357. The van der Waals surface area contributed by atoms with Crippen LogP contribution in [-0.4, -0.2) is 5.11 Å². The van der Waals surface area contributed by atoms with Crippen LogP contribution in [0.1, 0.15) is 89.0 Å². The van der Waals surface area contributed by atoms with Gasteiger partial charge in [-0.05, 0) is 66.0 Å². The summed E-state index contributed by atoms with van der Waals surface area (Å²) in [5.41, 5.74) is 1.50. The van der Waals surface area contributed by atoms with E-state index in [1.165, 1.54) is 81.6 Å². The summed E-state index contributed by atoms with van der Waals surface area (Å²) in [4.78, 5) is 0. The van der Waals surface area contributed by atoms with Gasteiger partial charge in [-0.15, -0.1) is 0 Å². The molecule has 1 N–H and O–H groups in total. The molecule has 0 atom stereocenters. The Balaban J connectivity index is 1.45. The van der Waals surface area contributed by atoms with Crippen LogP contribution in [0.2, 0.25) is 0 Å². The first-order chi connectivity index (χ1) is 12.3. The van der Waals surface area contributed by atoms with Gasteiger partial charge in [-0.2, -0.15) is 0 Å². The van der Waals surface area contributed by atoms with E-state index in [1.807, 2.05) is 12.1 Å². The molecule has 2 aromatic carbocycles. The van der Waals surface area contributed by atoms with Crippen molar-refractivity contribution >= 4 is 10.8 Å². The zero-order valence-corrected chi connectivity index (χ0v) is 15.8. The monoisotopic (exact) mass is 338 g/mol. The molecule has 1 nitrogen and oxygen atoms in total. The minimum Gasteiger partial charge on any atom is -0.508 e. The van der Waals surface area contributed by atoms with E-state index in [1.54, 1.807) is 6.07 Å². The molecule has 1 aliphatic rings. The van der Waals surface area contributed by atoms with Gasteiger partial charge in [-0.25, -0.2) is 0 Å². The molecule has 1 saturated carbocycles. The van der Waals surface area contributed by atoms with Crippen molar-refractivity contribution < 1.29 is 5.11 Å². The molecule has 1 heteroatoms. The number of hydrogen-bond acceptors (Lipinski definition) is 1. The number of rotatable bonds is 8. The largest absolute Gasteiger partial charge is 0.508 e. The van der Waals surface area contributed by atoms with Crippen LogP contribution >= 0.6 is 0 Å². The fraction of sp³-hybridized carbons (Fsp3) is 0.583. The Kier molecular flexibility index (Phi) is 6.78. The molecule has 25 heavy (non-hydrogen) atoms. The number of phenolic OH excluding ortho intramolecular Hbond substituents is 1. The molecule has 2 aromatic rings. The maximum absolute atomic E-state index is 9.61. The molecule has 1 fully saturated rings. The van der Waals surface area contributed by atoms with Crippen molar-refractivity contribution in [2.24, 2.45) is 5.92 Å². The van der Waals surface area contributed by atoms with Crippen molar-refractivity contribution in [1.29, 1.82) is 0 Å². The highest BCUT2D eigenvalue weighted by molar-refractivity contribution is 5.84. The third-order valence-electron chi connectivity index (χ3n) is 6.13. The van der Waals surface area contributed by atoms with Crippen LogP contribution in [0.15, 0.2) is 36.4 Å². The maximum atomic E-state index is 9.61. The molecule has 0 amide bonds. The second kappa shape index (κ2) is 9.27. The third-order valence-corrected chi connectivity index (χ3v) is 6.13. The Morgan fingerprint density at radius 1 is 0.800 bits per heavy atom. The summed E-state index contributed by atoms with van der Waals surface area (Å²) in [6.07, 6.45) is 15.5. The van der Waals surface area contributed by atoms with E-state index in [-0.39, 0.29) is 0 Å². The van der Waals surface area contributed by atoms with Gasteiger partial charge in [0, 0.05) is 0 Å². The van der Waals surface area contributed by atoms with Crippen molar-refractivity contribution in [3.8, 4) is 5.75 Å². The normalized spacial score (nSPS) is 20.8. The summed E-state index contributed by atoms with van der Waals surface area (Å²) in [7, 11) is 0. The summed E-state index contributed by atoms with van der Waals surface area (Å²) in [6.45, 7) is 2.29. The van der Waals surface area contributed by atoms with Gasteiger partial charge in [0.15, 0.2) is 0 Å². The van der Waals surface area contributed by atoms with Crippen molar-refractivity contribution in [2.75, 3.05) is 0 Å². The molecule has 0 aromatic heterocycles. The molecular weight excluding hydrogens is 304 g/mol. The third kappa shape index (κ3) is 5.23. The lowest BCUT2D eigenvalue weighted by Crippen LogP contribution is -2.13. The van der Waals surface area contributed by atoms with Crippen molar-refractivity contribution in [3.63, 3.8) is 0 Å². The van der Waals surface area contributed by atoms with Crippen LogP contribution in [0, 0.1) is 5.92 Å². The molecular formula is C24H34O. The van der Waals surface area contributed by atoms with E-state index >= 15 is 0 Å². The topological polar surface area (TPSA) is 20.2 Å². The molecule has 0 unspecified atom stereocenters. The van der Waals surface area contributed by atoms with E-state index in [4.69, 9.17) is 0 Å².